The van der Waals surface area contributed by atoms with E-state index in [0.717, 1.165) is 26.5 Å². The van der Waals surface area contributed by atoms with Gasteiger partial charge in [0.2, 0.25) is 59.1 Å². The zero-order valence-corrected chi connectivity index (χ0v) is 60.9. The Kier molecular flexibility index (Phi) is 35.1. The number of aliphatic hydroxyl groups is 1. The van der Waals surface area contributed by atoms with Crippen molar-refractivity contribution in [3.63, 3.8) is 0 Å². The lowest BCUT2D eigenvalue weighted by molar-refractivity contribution is -0.157. The van der Waals surface area contributed by atoms with Gasteiger partial charge in [0.15, 0.2) is 11.9 Å². The lowest BCUT2D eigenvalue weighted by Crippen LogP contribution is -2.70. The highest BCUT2D eigenvalue weighted by Crippen LogP contribution is 2.28. The molecule has 1 heterocycles. The zero-order valence-electron chi connectivity index (χ0n) is 60.1. The summed E-state index contributed by atoms with van der Waals surface area (Å²) in [5, 5.41) is 23.6. The Morgan fingerprint density at radius 2 is 1.07 bits per heavy atom. The summed E-state index contributed by atoms with van der Waals surface area (Å²) >= 11 is 0.960. The van der Waals surface area contributed by atoms with Crippen LogP contribution in [0.4, 0.5) is 0 Å². The lowest BCUT2D eigenvalue weighted by Gasteiger charge is -2.45. The minimum Gasteiger partial charge on any atom is -0.468 e. The monoisotopic (exact) mass is 1320 g/mol. The molecular formula is C66H117N11O14S. The summed E-state index contributed by atoms with van der Waals surface area (Å²) < 4.78 is 4.89. The Bertz CT molecular complexity index is 2550. The summed E-state index contributed by atoms with van der Waals surface area (Å²) in [5.74, 6) is -11.3. The van der Waals surface area contributed by atoms with Crippen LogP contribution in [0.25, 0.3) is 0 Å². The van der Waals surface area contributed by atoms with E-state index in [0.29, 0.717) is 6.29 Å². The van der Waals surface area contributed by atoms with Gasteiger partial charge in [0.1, 0.15) is 42.3 Å². The van der Waals surface area contributed by atoms with Gasteiger partial charge in [0.05, 0.1) is 37.1 Å². The number of carbonyl (C=O) groups excluding carboxylic acids is 12. The Balaban J connectivity index is 4.64. The Morgan fingerprint density at radius 3 is 1.52 bits per heavy atom. The maximum Gasteiger partial charge on any atom is 0.315 e. The molecule has 0 aliphatic carbocycles. The standard InChI is InChI=1S/C66H117N11O14S/c1-26-28-29-43(15)55(80)54-58(83)68-46(27-2)60(85)74(21)50(34-92-35-51(79)91-25)63(88)77(24)66(36-78,33-40(9)10)70-52(41(11)12)64(89)71(18)47(30-37(3)4)57(82)69-56(81)44(16)67-45(17)59(84)72(19)48(31-38(5)6)61(86)73(20)49(32-39(7)8)62(87)75(22)53(42(13)14)65(90)76(54)23/h26,28,36-50,52-55,67,70,80H,27,29-35H2,1-25H3,(H,68,83)(H,69,81,82)/b28-26+/t43-,44?,45?,46+,47-,48-,49-,50-,52-,53-,54+,55-,66-/m1/s1. The highest BCUT2D eigenvalue weighted by atomic mass is 32.2. The lowest BCUT2D eigenvalue weighted by atomic mass is 9.91. The van der Waals surface area contributed by atoms with Crippen molar-refractivity contribution in [2.24, 2.45) is 41.4 Å². The van der Waals surface area contributed by atoms with E-state index < -0.39 is 155 Å². The van der Waals surface area contributed by atoms with E-state index >= 15 is 33.6 Å². The number of aliphatic hydroxyl groups excluding tert-OH is 1. The number of amides is 10. The predicted octanol–water partition coefficient (Wildman–Crippen LogP) is 3.54. The minimum absolute atomic E-state index is 0.0744. The number of aldehydes is 1. The van der Waals surface area contributed by atoms with Crippen LogP contribution in [0.1, 0.15) is 156 Å². The van der Waals surface area contributed by atoms with Crippen molar-refractivity contribution in [1.29, 1.82) is 0 Å². The van der Waals surface area contributed by atoms with Gasteiger partial charge in [-0.1, -0.05) is 109 Å². The van der Waals surface area contributed by atoms with Crippen LogP contribution in [-0.2, 0) is 62.3 Å². The molecule has 26 heteroatoms. The Morgan fingerprint density at radius 1 is 0.587 bits per heavy atom. The predicted molar refractivity (Wildman–Crippen MR) is 357 cm³/mol. The summed E-state index contributed by atoms with van der Waals surface area (Å²) in [6.45, 7) is 29.6. The summed E-state index contributed by atoms with van der Waals surface area (Å²) in [5.41, 5.74) is -1.98. The van der Waals surface area contributed by atoms with Gasteiger partial charge in [0, 0.05) is 55.1 Å². The molecule has 1 aliphatic rings. The number of allylic oxidation sites excluding steroid dienone is 2. The van der Waals surface area contributed by atoms with Gasteiger partial charge in [-0.15, -0.1) is 11.8 Å². The van der Waals surface area contributed by atoms with Crippen molar-refractivity contribution >= 4 is 83.1 Å². The van der Waals surface area contributed by atoms with Gasteiger partial charge in [-0.3, -0.25) is 73.5 Å². The van der Waals surface area contributed by atoms with Gasteiger partial charge in [-0.05, 0) is 101 Å². The molecule has 1 saturated heterocycles. The Hall–Kier alpha value is -5.99. The maximum absolute atomic E-state index is 15.5. The Labute approximate surface area is 553 Å². The van der Waals surface area contributed by atoms with E-state index in [1.807, 2.05) is 41.5 Å². The molecule has 1 rings (SSSR count). The minimum atomic E-state index is -1.98. The van der Waals surface area contributed by atoms with Crippen LogP contribution in [-0.4, -0.2) is 251 Å². The fourth-order valence-corrected chi connectivity index (χ4v) is 12.6. The number of ether oxygens (including phenoxy) is 1. The van der Waals surface area contributed by atoms with Crippen LogP contribution in [0, 0.1) is 41.4 Å². The normalized spacial score (nSPS) is 27.3. The number of methoxy groups -OCH3 is 1. The van der Waals surface area contributed by atoms with Crippen LogP contribution in [0.3, 0.4) is 0 Å². The highest BCUT2D eigenvalue weighted by Gasteiger charge is 2.49. The molecule has 92 heavy (non-hydrogen) atoms. The van der Waals surface area contributed by atoms with Crippen LogP contribution in [0.5, 0.6) is 0 Å². The number of hydrogen-bond acceptors (Lipinski definition) is 17. The molecule has 1 fully saturated rings. The van der Waals surface area contributed by atoms with E-state index in [9.17, 15) is 29.1 Å². The number of nitrogens with one attached hydrogen (secondary N) is 4. The summed E-state index contributed by atoms with van der Waals surface area (Å²) in [4.78, 5) is 184. The molecule has 0 radical (unpaired) electrons. The van der Waals surface area contributed by atoms with E-state index in [-0.39, 0.29) is 73.7 Å². The fourth-order valence-electron chi connectivity index (χ4n) is 11.6. The second-order valence-electron chi connectivity index (χ2n) is 27.5. The number of likely N-dealkylation sites (N-methyl/N-ethyl adjacent to an activating group) is 7. The molecule has 2 unspecified atom stereocenters. The van der Waals surface area contributed by atoms with Crippen LogP contribution < -0.4 is 21.3 Å². The molecule has 0 bridgehead atoms. The van der Waals surface area contributed by atoms with Crippen molar-refractivity contribution < 1.29 is 67.4 Å². The summed E-state index contributed by atoms with van der Waals surface area (Å²) in [7, 11) is 10.9. The number of rotatable bonds is 20. The second-order valence-corrected chi connectivity index (χ2v) is 28.5. The molecule has 13 atom stereocenters. The highest BCUT2D eigenvalue weighted by molar-refractivity contribution is 8.00. The average molecular weight is 1320 g/mol. The number of carbonyl (C=O) groups is 12. The largest absolute Gasteiger partial charge is 0.468 e. The topological polar surface area (TPSA) is 305 Å². The number of imide groups is 1. The molecule has 10 amide bonds. The van der Waals surface area contributed by atoms with Gasteiger partial charge < -0.3 is 49.5 Å². The van der Waals surface area contributed by atoms with Gasteiger partial charge in [0.25, 0.3) is 0 Å². The number of hydrogen-bond donors (Lipinski definition) is 5. The molecule has 526 valence electrons. The molecule has 5 N–H and O–H groups in total. The van der Waals surface area contributed by atoms with Crippen LogP contribution >= 0.6 is 11.8 Å². The first-order valence-corrected chi connectivity index (χ1v) is 33.7. The molecule has 0 aromatic carbocycles. The number of esters is 1. The first-order valence-electron chi connectivity index (χ1n) is 32.5. The van der Waals surface area contributed by atoms with Gasteiger partial charge >= 0.3 is 5.97 Å². The smallest absolute Gasteiger partial charge is 0.315 e. The zero-order chi connectivity index (χ0) is 71.3. The van der Waals surface area contributed by atoms with E-state index in [4.69, 9.17) is 4.74 Å². The fraction of sp³-hybridized carbons (Fsp3) is 0.788. The molecule has 25 nitrogen and oxygen atoms in total. The second kappa shape index (κ2) is 38.4. The quantitative estimate of drug-likeness (QED) is 0.0504. The van der Waals surface area contributed by atoms with Crippen LogP contribution in [0.2, 0.25) is 0 Å². The third kappa shape index (κ3) is 22.9. The van der Waals surface area contributed by atoms with Crippen molar-refractivity contribution in [2.45, 2.75) is 228 Å². The third-order valence-electron chi connectivity index (χ3n) is 17.3. The van der Waals surface area contributed by atoms with E-state index in [1.165, 1.54) is 89.9 Å². The van der Waals surface area contributed by atoms with Crippen molar-refractivity contribution in [3.05, 3.63) is 12.2 Å². The molecular weight excluding hydrogens is 1200 g/mol. The van der Waals surface area contributed by atoms with Crippen molar-refractivity contribution in [1.82, 2.24) is 55.6 Å². The van der Waals surface area contributed by atoms with Crippen molar-refractivity contribution in [2.75, 3.05) is 67.9 Å². The van der Waals surface area contributed by atoms with Gasteiger partial charge in [-0.2, -0.15) is 0 Å². The van der Waals surface area contributed by atoms with Crippen molar-refractivity contribution in [3.8, 4) is 0 Å². The molecule has 0 aromatic heterocycles. The number of nitrogens with zero attached hydrogens (tertiary/aromatic N) is 7. The maximum atomic E-state index is 15.5. The molecule has 0 aromatic rings. The molecule has 0 saturated carbocycles. The number of thioether (sulfide) groups is 1. The summed E-state index contributed by atoms with van der Waals surface area (Å²) in [6, 6.07) is -13.0. The van der Waals surface area contributed by atoms with Gasteiger partial charge in [-0.25, -0.2) is 0 Å². The SMILES string of the molecule is C/C=C/C[C@@H](C)[C@@H](O)[C@H]1C(=O)N[C@@H](CC)C(=O)N(C)[C@H](CSCC(=O)OC)C(=O)N(C)[C@@](C=O)(CC(C)C)N[C@H](C(C)C)C(=O)N(C)[C@H](CC(C)C)C(=O)NC(=O)C(C)NC(C)C(=O)N(C)[C@H](CC(C)C)C(=O)N(C)[C@H](CC(C)C)C(=O)N(C)[C@H](C(C)C)C(=O)N1C. The van der Waals surface area contributed by atoms with E-state index in [2.05, 4.69) is 21.3 Å². The summed E-state index contributed by atoms with van der Waals surface area (Å²) in [6.07, 6.45) is 2.97. The average Bonchev–Trinajstić information content (AvgIpc) is 0.809. The first kappa shape index (κ1) is 84.0. The van der Waals surface area contributed by atoms with E-state index in [1.54, 1.807) is 74.5 Å². The van der Waals surface area contributed by atoms with Crippen LogP contribution in [0.15, 0.2) is 12.2 Å². The first-order chi connectivity index (χ1) is 42.6. The molecule has 0 spiro atoms. The molecule has 1 aliphatic heterocycles. The third-order valence-corrected chi connectivity index (χ3v) is 18.3.